The summed E-state index contributed by atoms with van der Waals surface area (Å²) in [5.74, 6) is 5.62. The van der Waals surface area contributed by atoms with E-state index < -0.39 is 0 Å². The van der Waals surface area contributed by atoms with Crippen molar-refractivity contribution in [2.24, 2.45) is 11.8 Å². The van der Waals surface area contributed by atoms with Crippen molar-refractivity contribution in [2.45, 2.75) is 39.2 Å². The molecule has 2 unspecified atom stereocenters. The van der Waals surface area contributed by atoms with Gasteiger partial charge in [0.25, 0.3) is 0 Å². The topological polar surface area (TPSA) is 58.4 Å². The van der Waals surface area contributed by atoms with Crippen molar-refractivity contribution < 1.29 is 4.79 Å². The largest absolute Gasteiger partial charge is 0.299 e. The van der Waals surface area contributed by atoms with Crippen LogP contribution in [0.3, 0.4) is 0 Å². The van der Waals surface area contributed by atoms with Crippen molar-refractivity contribution >= 4 is 5.91 Å². The average molecular weight is 275 g/mol. The second-order valence-corrected chi connectivity index (χ2v) is 5.95. The van der Waals surface area contributed by atoms with Crippen molar-refractivity contribution in [2.75, 3.05) is 13.1 Å². The first kappa shape index (κ1) is 15.0. The molecule has 1 saturated heterocycles. The number of rotatable bonds is 4. The highest BCUT2D eigenvalue weighted by Crippen LogP contribution is 2.20. The van der Waals surface area contributed by atoms with E-state index in [0.717, 1.165) is 18.0 Å². The van der Waals surface area contributed by atoms with E-state index in [1.165, 1.54) is 31.5 Å². The summed E-state index contributed by atoms with van der Waals surface area (Å²) in [6.07, 6.45) is 2.65. The molecule has 0 radical (unpaired) electrons. The second kappa shape index (κ2) is 6.86. The summed E-state index contributed by atoms with van der Waals surface area (Å²) >= 11 is 0. The van der Waals surface area contributed by atoms with E-state index in [1.807, 2.05) is 19.1 Å². The molecule has 1 aliphatic heterocycles. The number of nitrogens with one attached hydrogen (secondary N) is 1. The molecule has 4 heteroatoms. The molecule has 110 valence electrons. The smallest absolute Gasteiger partial charge is 0.241 e. The maximum atomic E-state index is 11.5. The number of hydrogen-bond acceptors (Lipinski definition) is 3. The van der Waals surface area contributed by atoms with Crippen LogP contribution in [-0.4, -0.2) is 23.9 Å². The number of hydrazine groups is 1. The molecule has 1 fully saturated rings. The third-order valence-corrected chi connectivity index (χ3v) is 4.16. The van der Waals surface area contributed by atoms with Crippen molar-refractivity contribution in [1.29, 1.82) is 0 Å². The zero-order chi connectivity index (χ0) is 14.5. The third-order valence-electron chi connectivity index (χ3n) is 4.16. The van der Waals surface area contributed by atoms with Gasteiger partial charge >= 0.3 is 0 Å². The Morgan fingerprint density at radius 1 is 1.45 bits per heavy atom. The Hall–Kier alpha value is -1.39. The fraction of sp³-hybridized carbons (Fsp3) is 0.562. The number of hydrogen-bond donors (Lipinski definition) is 2. The zero-order valence-electron chi connectivity index (χ0n) is 12.4. The van der Waals surface area contributed by atoms with Gasteiger partial charge in [-0.1, -0.05) is 31.2 Å². The van der Waals surface area contributed by atoms with E-state index in [9.17, 15) is 4.79 Å². The Kier molecular flexibility index (Phi) is 5.15. The maximum absolute atomic E-state index is 11.5. The highest BCUT2D eigenvalue weighted by atomic mass is 16.2. The molecule has 1 heterocycles. The summed E-state index contributed by atoms with van der Waals surface area (Å²) in [5, 5.41) is 0. The molecule has 0 aromatic heterocycles. The third kappa shape index (κ3) is 3.81. The molecule has 20 heavy (non-hydrogen) atoms. The van der Waals surface area contributed by atoms with Gasteiger partial charge in [-0.25, -0.2) is 5.84 Å². The van der Waals surface area contributed by atoms with E-state index in [4.69, 9.17) is 5.84 Å². The van der Waals surface area contributed by atoms with Gasteiger partial charge in [-0.05, 0) is 43.4 Å². The minimum absolute atomic E-state index is 0.150. The lowest BCUT2D eigenvalue weighted by Gasteiger charge is -2.30. The Morgan fingerprint density at radius 2 is 2.15 bits per heavy atom. The Labute approximate surface area is 121 Å². The van der Waals surface area contributed by atoms with Crippen LogP contribution in [-0.2, 0) is 11.3 Å². The number of nitrogens with two attached hydrogens (primary N) is 1. The van der Waals surface area contributed by atoms with Crippen molar-refractivity contribution in [3.63, 3.8) is 0 Å². The standard InChI is InChI=1S/C16H25N3O/c1-12-4-3-9-19(10-12)11-14-5-7-15(8-6-14)13(2)16(20)18-17/h5-8,12-13H,3-4,9-11,17H2,1-2H3,(H,18,20). The molecular formula is C16H25N3O. The number of likely N-dealkylation sites (tertiary alicyclic amines) is 1. The summed E-state index contributed by atoms with van der Waals surface area (Å²) in [6.45, 7) is 7.57. The van der Waals surface area contributed by atoms with Gasteiger partial charge in [0, 0.05) is 13.1 Å². The Bertz CT molecular complexity index is 444. The van der Waals surface area contributed by atoms with Gasteiger partial charge in [0.05, 0.1) is 5.92 Å². The van der Waals surface area contributed by atoms with Crippen LogP contribution >= 0.6 is 0 Å². The number of amides is 1. The molecule has 1 aromatic carbocycles. The molecule has 0 aliphatic carbocycles. The highest BCUT2D eigenvalue weighted by molar-refractivity contribution is 5.82. The zero-order valence-corrected chi connectivity index (χ0v) is 12.4. The van der Waals surface area contributed by atoms with Crippen LogP contribution in [0.2, 0.25) is 0 Å². The van der Waals surface area contributed by atoms with Crippen molar-refractivity contribution in [3.8, 4) is 0 Å². The first-order valence-electron chi connectivity index (χ1n) is 7.41. The molecule has 4 nitrogen and oxygen atoms in total. The van der Waals surface area contributed by atoms with Crippen molar-refractivity contribution in [1.82, 2.24) is 10.3 Å². The monoisotopic (exact) mass is 275 g/mol. The lowest BCUT2D eigenvalue weighted by molar-refractivity contribution is -0.122. The maximum Gasteiger partial charge on any atom is 0.241 e. The van der Waals surface area contributed by atoms with Gasteiger partial charge in [0.15, 0.2) is 0 Å². The minimum Gasteiger partial charge on any atom is -0.299 e. The normalized spacial score (nSPS) is 21.4. The SMILES string of the molecule is CC1CCCN(Cc2ccc(C(C)C(=O)NN)cc2)C1. The predicted octanol–water partition coefficient (Wildman–Crippen LogP) is 2.01. The van der Waals surface area contributed by atoms with E-state index in [0.29, 0.717) is 0 Å². The number of carbonyl (C=O) groups excluding carboxylic acids is 1. The number of piperidine rings is 1. The van der Waals surface area contributed by atoms with Gasteiger partial charge in [0.2, 0.25) is 5.91 Å². The molecule has 3 N–H and O–H groups in total. The van der Waals surface area contributed by atoms with Crippen LogP contribution < -0.4 is 11.3 Å². The van der Waals surface area contributed by atoms with Gasteiger partial charge < -0.3 is 0 Å². The molecule has 0 saturated carbocycles. The molecule has 1 amide bonds. The fourth-order valence-electron chi connectivity index (χ4n) is 2.88. The molecule has 1 aliphatic rings. The lowest BCUT2D eigenvalue weighted by Crippen LogP contribution is -2.34. The first-order chi connectivity index (χ1) is 9.60. The number of nitrogens with zero attached hydrogens (tertiary/aromatic N) is 1. The Morgan fingerprint density at radius 3 is 2.75 bits per heavy atom. The van der Waals surface area contributed by atoms with Gasteiger partial charge in [-0.3, -0.25) is 15.1 Å². The summed E-state index contributed by atoms with van der Waals surface area (Å²) in [4.78, 5) is 14.0. The van der Waals surface area contributed by atoms with Crippen LogP contribution in [0.15, 0.2) is 24.3 Å². The lowest BCUT2D eigenvalue weighted by atomic mass is 9.98. The van der Waals surface area contributed by atoms with Crippen LogP contribution in [0.1, 0.15) is 43.7 Å². The van der Waals surface area contributed by atoms with Crippen LogP contribution in [0.25, 0.3) is 0 Å². The summed E-state index contributed by atoms with van der Waals surface area (Å²) in [7, 11) is 0. The second-order valence-electron chi connectivity index (χ2n) is 5.95. The average Bonchev–Trinajstić information content (AvgIpc) is 2.46. The van der Waals surface area contributed by atoms with E-state index >= 15 is 0 Å². The quantitative estimate of drug-likeness (QED) is 0.502. The van der Waals surface area contributed by atoms with Crippen LogP contribution in [0.5, 0.6) is 0 Å². The van der Waals surface area contributed by atoms with E-state index in [-0.39, 0.29) is 11.8 Å². The van der Waals surface area contributed by atoms with Crippen LogP contribution in [0.4, 0.5) is 0 Å². The summed E-state index contributed by atoms with van der Waals surface area (Å²) in [6, 6.07) is 8.30. The van der Waals surface area contributed by atoms with E-state index in [1.54, 1.807) is 0 Å². The van der Waals surface area contributed by atoms with Gasteiger partial charge in [-0.2, -0.15) is 0 Å². The highest BCUT2D eigenvalue weighted by Gasteiger charge is 2.17. The fourth-order valence-corrected chi connectivity index (χ4v) is 2.88. The summed E-state index contributed by atoms with van der Waals surface area (Å²) < 4.78 is 0. The summed E-state index contributed by atoms with van der Waals surface area (Å²) in [5.41, 5.74) is 4.51. The van der Waals surface area contributed by atoms with E-state index in [2.05, 4.69) is 29.4 Å². The molecule has 0 bridgehead atoms. The van der Waals surface area contributed by atoms with Crippen molar-refractivity contribution in [3.05, 3.63) is 35.4 Å². The number of benzene rings is 1. The van der Waals surface area contributed by atoms with Gasteiger partial charge in [-0.15, -0.1) is 0 Å². The molecule has 2 rings (SSSR count). The van der Waals surface area contributed by atoms with Gasteiger partial charge in [0.1, 0.15) is 0 Å². The van der Waals surface area contributed by atoms with Crippen LogP contribution in [0, 0.1) is 5.92 Å². The molecule has 1 aromatic rings. The molecule has 2 atom stereocenters. The Balaban J connectivity index is 1.96. The predicted molar refractivity (Wildman–Crippen MR) is 80.9 cm³/mol. The molecular weight excluding hydrogens is 250 g/mol. The minimum atomic E-state index is -0.205. The number of carbonyl (C=O) groups is 1. The first-order valence-corrected chi connectivity index (χ1v) is 7.41. The molecule has 0 spiro atoms.